The van der Waals surface area contributed by atoms with E-state index in [-0.39, 0.29) is 10.8 Å². The summed E-state index contributed by atoms with van der Waals surface area (Å²) >= 11 is 0. The minimum absolute atomic E-state index is 0.0138. The van der Waals surface area contributed by atoms with Gasteiger partial charge in [0, 0.05) is 61.5 Å². The molecule has 2 aromatic heterocycles. The van der Waals surface area contributed by atoms with E-state index in [0.717, 1.165) is 83.4 Å². The average Bonchev–Trinajstić information content (AvgIpc) is 3.85. The normalized spacial score (nSPS) is 12.4. The van der Waals surface area contributed by atoms with Gasteiger partial charge in [0.1, 0.15) is 16.7 Å². The maximum atomic E-state index is 7.11. The molecule has 11 aromatic rings. The third-order valence-electron chi connectivity index (χ3n) is 12.5. The molecular formula is C58H48N2O2. The molecule has 0 aliphatic heterocycles. The lowest BCUT2D eigenvalue weighted by molar-refractivity contribution is 0.590. The molecule has 4 nitrogen and oxygen atoms in total. The molecule has 0 bridgehead atoms. The highest BCUT2D eigenvalue weighted by atomic mass is 16.3. The van der Waals surface area contributed by atoms with Crippen molar-refractivity contribution in [1.29, 1.82) is 0 Å². The molecule has 0 radical (unpaired) electrons. The number of benzene rings is 9. The Labute approximate surface area is 362 Å². The van der Waals surface area contributed by atoms with Crippen molar-refractivity contribution < 1.29 is 8.83 Å². The number of hydrogen-bond donors (Lipinski definition) is 0. The Balaban J connectivity index is 1.17. The summed E-state index contributed by atoms with van der Waals surface area (Å²) in [5.41, 5.74) is 12.1. The van der Waals surface area contributed by atoms with Crippen LogP contribution in [0, 0.1) is 0 Å². The van der Waals surface area contributed by atoms with Crippen LogP contribution in [0.5, 0.6) is 0 Å². The van der Waals surface area contributed by atoms with E-state index in [1.54, 1.807) is 0 Å². The molecule has 302 valence electrons. The van der Waals surface area contributed by atoms with Gasteiger partial charge in [0.15, 0.2) is 5.58 Å². The molecule has 0 aliphatic carbocycles. The molecular weight excluding hydrogens is 757 g/mol. The highest BCUT2D eigenvalue weighted by Gasteiger charge is 2.27. The fraction of sp³-hybridized carbons (Fsp3) is 0.138. The van der Waals surface area contributed by atoms with Gasteiger partial charge in [0.25, 0.3) is 0 Å². The fourth-order valence-electron chi connectivity index (χ4n) is 9.30. The van der Waals surface area contributed by atoms with Gasteiger partial charge in [-0.2, -0.15) is 0 Å². The summed E-state index contributed by atoms with van der Waals surface area (Å²) in [6.07, 6.45) is 0. The number of furan rings is 2. The summed E-state index contributed by atoms with van der Waals surface area (Å²) in [7, 11) is 0. The number of rotatable bonds is 6. The summed E-state index contributed by atoms with van der Waals surface area (Å²) in [4.78, 5) is 4.71. The van der Waals surface area contributed by atoms with Crippen molar-refractivity contribution in [3.63, 3.8) is 0 Å². The predicted molar refractivity (Wildman–Crippen MR) is 263 cm³/mol. The number of anilines is 6. The van der Waals surface area contributed by atoms with E-state index >= 15 is 0 Å². The van der Waals surface area contributed by atoms with E-state index in [0.29, 0.717) is 0 Å². The van der Waals surface area contributed by atoms with Crippen LogP contribution in [0.2, 0.25) is 0 Å². The van der Waals surface area contributed by atoms with Crippen LogP contribution in [0.25, 0.3) is 65.4 Å². The number of fused-ring (bicyclic) bond motifs is 9. The standard InChI is InChI=1S/C58H48N2O2/c1-57(2,3)39-25-29-41(30-26-39)59(48-22-13-17-37-15-7-9-19-44(37)48)43-33-34-47-52(35-43)61-53-36-50(56-55(54(47)53)46-21-11-12-24-51(46)62-56)60(42-31-27-40(28-32-42)58(4,5)6)49-23-14-18-38-16-8-10-20-45(38)49/h7-36H,1-6H3. The van der Waals surface area contributed by atoms with Gasteiger partial charge in [-0.25, -0.2) is 0 Å². The third kappa shape index (κ3) is 6.20. The molecule has 62 heavy (non-hydrogen) atoms. The Bertz CT molecular complexity index is 3480. The second kappa shape index (κ2) is 14.1. The first-order chi connectivity index (χ1) is 30.0. The smallest absolute Gasteiger partial charge is 0.160 e. The van der Waals surface area contributed by atoms with E-state index in [1.807, 2.05) is 6.07 Å². The Morgan fingerprint density at radius 1 is 0.339 bits per heavy atom. The monoisotopic (exact) mass is 804 g/mol. The quantitative estimate of drug-likeness (QED) is 0.168. The lowest BCUT2D eigenvalue weighted by Crippen LogP contribution is -2.13. The molecule has 0 spiro atoms. The summed E-state index contributed by atoms with van der Waals surface area (Å²) < 4.78 is 14.1. The SMILES string of the molecule is CC(C)(C)c1ccc(N(c2ccc3c(c2)oc2cc(N(c4ccc(C(C)(C)C)cc4)c4cccc5ccccc45)c4oc5ccccc5c4c23)c2cccc3ccccc23)cc1. The van der Waals surface area contributed by atoms with Crippen LogP contribution in [-0.2, 0) is 10.8 Å². The Kier molecular flexibility index (Phi) is 8.59. The van der Waals surface area contributed by atoms with Crippen LogP contribution in [0.15, 0.2) is 191 Å². The fourth-order valence-corrected chi connectivity index (χ4v) is 9.30. The van der Waals surface area contributed by atoms with Gasteiger partial charge in [-0.15, -0.1) is 0 Å². The van der Waals surface area contributed by atoms with Crippen LogP contribution >= 0.6 is 0 Å². The molecule has 0 unspecified atom stereocenters. The summed E-state index contributed by atoms with van der Waals surface area (Å²) in [5, 5.41) is 8.87. The van der Waals surface area contributed by atoms with Crippen molar-refractivity contribution in [3.8, 4) is 0 Å². The van der Waals surface area contributed by atoms with Crippen LogP contribution in [0.1, 0.15) is 52.7 Å². The molecule has 9 aromatic carbocycles. The van der Waals surface area contributed by atoms with Crippen LogP contribution in [0.4, 0.5) is 34.1 Å². The molecule has 4 heteroatoms. The Morgan fingerprint density at radius 2 is 0.823 bits per heavy atom. The van der Waals surface area contributed by atoms with E-state index in [9.17, 15) is 0 Å². The average molecular weight is 805 g/mol. The first kappa shape index (κ1) is 37.7. The van der Waals surface area contributed by atoms with Gasteiger partial charge in [-0.3, -0.25) is 0 Å². The minimum atomic E-state index is 0.0138. The molecule has 2 heterocycles. The second-order valence-corrected chi connectivity index (χ2v) is 18.6. The second-order valence-electron chi connectivity index (χ2n) is 18.6. The molecule has 0 saturated carbocycles. The van der Waals surface area contributed by atoms with E-state index in [1.165, 1.54) is 27.3 Å². The van der Waals surface area contributed by atoms with Gasteiger partial charge >= 0.3 is 0 Å². The van der Waals surface area contributed by atoms with E-state index < -0.39 is 0 Å². The Morgan fingerprint density at radius 3 is 1.42 bits per heavy atom. The summed E-state index contributed by atoms with van der Waals surface area (Å²) in [6, 6.07) is 65.5. The Hall–Kier alpha value is -7.30. The van der Waals surface area contributed by atoms with Crippen molar-refractivity contribution >= 4 is 99.5 Å². The summed E-state index contributed by atoms with van der Waals surface area (Å²) in [5.74, 6) is 0. The van der Waals surface area contributed by atoms with Gasteiger partial charge in [-0.05, 0) is 87.3 Å². The topological polar surface area (TPSA) is 32.8 Å². The van der Waals surface area contributed by atoms with Gasteiger partial charge in [-0.1, -0.05) is 157 Å². The lowest BCUT2D eigenvalue weighted by Gasteiger charge is -2.28. The third-order valence-corrected chi connectivity index (χ3v) is 12.5. The van der Waals surface area contributed by atoms with Crippen LogP contribution in [-0.4, -0.2) is 0 Å². The van der Waals surface area contributed by atoms with Crippen LogP contribution in [0.3, 0.4) is 0 Å². The highest BCUT2D eigenvalue weighted by molar-refractivity contribution is 6.29. The molecule has 11 rings (SSSR count). The zero-order valence-corrected chi connectivity index (χ0v) is 36.0. The van der Waals surface area contributed by atoms with Crippen molar-refractivity contribution in [2.45, 2.75) is 52.4 Å². The largest absolute Gasteiger partial charge is 0.456 e. The zero-order chi connectivity index (χ0) is 42.3. The number of para-hydroxylation sites is 1. The van der Waals surface area contributed by atoms with Crippen molar-refractivity contribution in [1.82, 2.24) is 0 Å². The van der Waals surface area contributed by atoms with Crippen molar-refractivity contribution in [2.24, 2.45) is 0 Å². The molecule has 0 saturated heterocycles. The van der Waals surface area contributed by atoms with Crippen LogP contribution < -0.4 is 9.80 Å². The predicted octanol–water partition coefficient (Wildman–Crippen LogP) is 17.3. The molecule has 0 amide bonds. The maximum Gasteiger partial charge on any atom is 0.160 e. The maximum absolute atomic E-state index is 7.11. The molecule has 0 aliphatic rings. The zero-order valence-electron chi connectivity index (χ0n) is 36.0. The minimum Gasteiger partial charge on any atom is -0.456 e. The molecule has 0 atom stereocenters. The molecule has 0 N–H and O–H groups in total. The first-order valence-corrected chi connectivity index (χ1v) is 21.6. The first-order valence-electron chi connectivity index (χ1n) is 21.6. The van der Waals surface area contributed by atoms with Crippen molar-refractivity contribution in [3.05, 3.63) is 193 Å². The van der Waals surface area contributed by atoms with E-state index in [2.05, 4.69) is 227 Å². The highest BCUT2D eigenvalue weighted by Crippen LogP contribution is 2.50. The van der Waals surface area contributed by atoms with Gasteiger partial charge in [0.05, 0.1) is 17.1 Å². The lowest BCUT2D eigenvalue weighted by atomic mass is 9.87. The van der Waals surface area contributed by atoms with Crippen molar-refractivity contribution in [2.75, 3.05) is 9.80 Å². The molecule has 0 fully saturated rings. The number of hydrogen-bond acceptors (Lipinski definition) is 4. The summed E-state index contributed by atoms with van der Waals surface area (Å²) in [6.45, 7) is 13.6. The van der Waals surface area contributed by atoms with E-state index in [4.69, 9.17) is 8.83 Å². The number of nitrogens with zero attached hydrogens (tertiary/aromatic N) is 2. The van der Waals surface area contributed by atoms with Gasteiger partial charge in [0.2, 0.25) is 0 Å². The van der Waals surface area contributed by atoms with Gasteiger partial charge < -0.3 is 18.6 Å².